The zero-order chi connectivity index (χ0) is 13.1. The van der Waals surface area contributed by atoms with Gasteiger partial charge in [0.15, 0.2) is 5.13 Å². The summed E-state index contributed by atoms with van der Waals surface area (Å²) in [5.41, 5.74) is 1.80. The molecule has 2 rings (SSSR count). The third-order valence-electron chi connectivity index (χ3n) is 2.63. The second-order valence-electron chi connectivity index (χ2n) is 4.54. The van der Waals surface area contributed by atoms with Crippen LogP contribution in [0.1, 0.15) is 40.6 Å². The van der Waals surface area contributed by atoms with E-state index < -0.39 is 0 Å². The third-order valence-corrected chi connectivity index (χ3v) is 3.84. The minimum atomic E-state index is -0.111. The van der Waals surface area contributed by atoms with Crippen molar-refractivity contribution in [1.29, 1.82) is 0 Å². The molecule has 0 saturated heterocycles. The van der Waals surface area contributed by atoms with Gasteiger partial charge in [0.1, 0.15) is 0 Å². The summed E-state index contributed by atoms with van der Waals surface area (Å²) in [6, 6.07) is 7.50. The Balaban J connectivity index is 2.08. The Bertz CT molecular complexity index is 543. The van der Waals surface area contributed by atoms with Crippen LogP contribution < -0.4 is 5.32 Å². The standard InChI is InChI=1S/C14H16N2OS/c1-9(2)12-8-15-14(18-12)16-13(17)11-6-4-10(3)5-7-11/h4-9H,1-3H3,(H,15,16,17). The lowest BCUT2D eigenvalue weighted by atomic mass is 10.1. The lowest BCUT2D eigenvalue weighted by Gasteiger charge is -2.02. The van der Waals surface area contributed by atoms with Gasteiger partial charge in [-0.2, -0.15) is 0 Å². The number of hydrogen-bond donors (Lipinski definition) is 1. The quantitative estimate of drug-likeness (QED) is 0.911. The van der Waals surface area contributed by atoms with Gasteiger partial charge < -0.3 is 0 Å². The molecule has 0 atom stereocenters. The minimum absolute atomic E-state index is 0.111. The Hall–Kier alpha value is -1.68. The van der Waals surface area contributed by atoms with Crippen molar-refractivity contribution in [3.63, 3.8) is 0 Å². The summed E-state index contributed by atoms with van der Waals surface area (Å²) in [7, 11) is 0. The van der Waals surface area contributed by atoms with Crippen molar-refractivity contribution >= 4 is 22.4 Å². The van der Waals surface area contributed by atoms with Crippen molar-refractivity contribution in [1.82, 2.24) is 4.98 Å². The summed E-state index contributed by atoms with van der Waals surface area (Å²) in [6.45, 7) is 6.22. The molecular weight excluding hydrogens is 244 g/mol. The Labute approximate surface area is 111 Å². The van der Waals surface area contributed by atoms with Crippen LogP contribution in [-0.4, -0.2) is 10.9 Å². The number of aromatic nitrogens is 1. The van der Waals surface area contributed by atoms with E-state index in [-0.39, 0.29) is 5.91 Å². The number of hydrogen-bond acceptors (Lipinski definition) is 3. The van der Waals surface area contributed by atoms with E-state index in [2.05, 4.69) is 24.1 Å². The van der Waals surface area contributed by atoms with Gasteiger partial charge in [0.25, 0.3) is 5.91 Å². The van der Waals surface area contributed by atoms with Gasteiger partial charge >= 0.3 is 0 Å². The molecule has 0 saturated carbocycles. The largest absolute Gasteiger partial charge is 0.298 e. The van der Waals surface area contributed by atoms with E-state index in [0.717, 1.165) is 5.56 Å². The first kappa shape index (κ1) is 12.8. The van der Waals surface area contributed by atoms with Gasteiger partial charge in [0.2, 0.25) is 0 Å². The summed E-state index contributed by atoms with van der Waals surface area (Å²) >= 11 is 1.52. The smallest absolute Gasteiger partial charge is 0.257 e. The predicted octanol–water partition coefficient (Wildman–Crippen LogP) is 3.83. The Morgan fingerprint density at radius 1 is 1.28 bits per heavy atom. The van der Waals surface area contributed by atoms with Crippen LogP contribution in [0.3, 0.4) is 0 Å². The van der Waals surface area contributed by atoms with E-state index in [1.165, 1.54) is 16.2 Å². The molecule has 0 aliphatic carbocycles. The van der Waals surface area contributed by atoms with Crippen molar-refractivity contribution in [3.05, 3.63) is 46.5 Å². The topological polar surface area (TPSA) is 42.0 Å². The molecule has 0 bridgehead atoms. The summed E-state index contributed by atoms with van der Waals surface area (Å²) in [5.74, 6) is 0.326. The molecule has 2 aromatic rings. The lowest BCUT2D eigenvalue weighted by molar-refractivity contribution is 0.102. The number of rotatable bonds is 3. The van der Waals surface area contributed by atoms with Gasteiger partial charge in [-0.3, -0.25) is 10.1 Å². The molecule has 0 aliphatic heterocycles. The Morgan fingerprint density at radius 2 is 1.94 bits per heavy atom. The molecule has 4 heteroatoms. The molecule has 0 spiro atoms. The zero-order valence-corrected chi connectivity index (χ0v) is 11.5. The number of nitrogens with zero attached hydrogens (tertiary/aromatic N) is 1. The number of benzene rings is 1. The van der Waals surface area contributed by atoms with Crippen molar-refractivity contribution in [2.24, 2.45) is 0 Å². The molecule has 94 valence electrons. The molecule has 3 nitrogen and oxygen atoms in total. The number of carbonyl (C=O) groups is 1. The number of aryl methyl sites for hydroxylation is 1. The fourth-order valence-corrected chi connectivity index (χ4v) is 2.30. The molecular formula is C14H16N2OS. The molecule has 1 aromatic carbocycles. The van der Waals surface area contributed by atoms with Gasteiger partial charge in [-0.05, 0) is 25.0 Å². The fraction of sp³-hybridized carbons (Fsp3) is 0.286. The maximum Gasteiger partial charge on any atom is 0.257 e. The molecule has 0 aliphatic rings. The number of anilines is 1. The number of thiazole rings is 1. The van der Waals surface area contributed by atoms with Crippen LogP contribution in [0.25, 0.3) is 0 Å². The molecule has 1 aromatic heterocycles. The van der Waals surface area contributed by atoms with Crippen LogP contribution in [0.2, 0.25) is 0 Å². The number of amides is 1. The third kappa shape index (κ3) is 2.96. The van der Waals surface area contributed by atoms with Crippen molar-refractivity contribution in [2.75, 3.05) is 5.32 Å². The first-order valence-electron chi connectivity index (χ1n) is 5.90. The van der Waals surface area contributed by atoms with E-state index in [0.29, 0.717) is 16.6 Å². The fourth-order valence-electron chi connectivity index (χ4n) is 1.49. The van der Waals surface area contributed by atoms with E-state index >= 15 is 0 Å². The number of carbonyl (C=O) groups excluding carboxylic acids is 1. The van der Waals surface area contributed by atoms with Crippen molar-refractivity contribution in [2.45, 2.75) is 26.7 Å². The van der Waals surface area contributed by atoms with Crippen LogP contribution in [-0.2, 0) is 0 Å². The molecule has 0 fully saturated rings. The van der Waals surface area contributed by atoms with Crippen LogP contribution in [0.15, 0.2) is 30.5 Å². The first-order chi connectivity index (χ1) is 8.56. The van der Waals surface area contributed by atoms with E-state index in [1.54, 1.807) is 0 Å². The monoisotopic (exact) mass is 260 g/mol. The SMILES string of the molecule is Cc1ccc(C(=O)Nc2ncc(C(C)C)s2)cc1. The Morgan fingerprint density at radius 3 is 2.50 bits per heavy atom. The highest BCUT2D eigenvalue weighted by molar-refractivity contribution is 7.15. The van der Waals surface area contributed by atoms with Crippen molar-refractivity contribution in [3.8, 4) is 0 Å². The second-order valence-corrected chi connectivity index (χ2v) is 5.60. The maximum absolute atomic E-state index is 12.0. The minimum Gasteiger partial charge on any atom is -0.298 e. The van der Waals surface area contributed by atoms with Gasteiger partial charge in [0, 0.05) is 16.6 Å². The summed E-state index contributed by atoms with van der Waals surface area (Å²) < 4.78 is 0. The first-order valence-corrected chi connectivity index (χ1v) is 6.71. The van der Waals surface area contributed by atoms with Crippen LogP contribution >= 0.6 is 11.3 Å². The molecule has 0 radical (unpaired) electrons. The second kappa shape index (κ2) is 5.31. The molecule has 18 heavy (non-hydrogen) atoms. The Kier molecular flexibility index (Phi) is 3.77. The normalized spacial score (nSPS) is 10.7. The van der Waals surface area contributed by atoms with E-state index in [1.807, 2.05) is 37.4 Å². The van der Waals surface area contributed by atoms with E-state index in [4.69, 9.17) is 0 Å². The zero-order valence-electron chi connectivity index (χ0n) is 10.7. The average Bonchev–Trinajstić information content (AvgIpc) is 2.78. The highest BCUT2D eigenvalue weighted by atomic mass is 32.1. The average molecular weight is 260 g/mol. The molecule has 1 N–H and O–H groups in total. The number of nitrogens with one attached hydrogen (secondary N) is 1. The van der Waals surface area contributed by atoms with Gasteiger partial charge in [0.05, 0.1) is 0 Å². The van der Waals surface area contributed by atoms with Gasteiger partial charge in [-0.15, -0.1) is 11.3 Å². The molecule has 0 unspecified atom stereocenters. The van der Waals surface area contributed by atoms with E-state index in [9.17, 15) is 4.79 Å². The van der Waals surface area contributed by atoms with Crippen LogP contribution in [0, 0.1) is 6.92 Å². The maximum atomic E-state index is 12.0. The lowest BCUT2D eigenvalue weighted by Crippen LogP contribution is -2.11. The molecule has 1 amide bonds. The highest BCUT2D eigenvalue weighted by Gasteiger charge is 2.10. The summed E-state index contributed by atoms with van der Waals surface area (Å²) in [6.07, 6.45) is 1.82. The summed E-state index contributed by atoms with van der Waals surface area (Å²) in [4.78, 5) is 17.3. The van der Waals surface area contributed by atoms with Crippen LogP contribution in [0.4, 0.5) is 5.13 Å². The molecule has 1 heterocycles. The predicted molar refractivity (Wildman–Crippen MR) is 75.3 cm³/mol. The van der Waals surface area contributed by atoms with Gasteiger partial charge in [-0.25, -0.2) is 4.98 Å². The highest BCUT2D eigenvalue weighted by Crippen LogP contribution is 2.25. The van der Waals surface area contributed by atoms with Crippen LogP contribution in [0.5, 0.6) is 0 Å². The van der Waals surface area contributed by atoms with Gasteiger partial charge in [-0.1, -0.05) is 31.5 Å². The summed E-state index contributed by atoms with van der Waals surface area (Å²) in [5, 5.41) is 3.48. The van der Waals surface area contributed by atoms with Crippen molar-refractivity contribution < 1.29 is 4.79 Å².